The zero-order valence-electron chi connectivity index (χ0n) is 19.6. The van der Waals surface area contributed by atoms with Crippen LogP contribution in [0.5, 0.6) is 0 Å². The Bertz CT molecular complexity index is 1030. The molecule has 0 aliphatic carbocycles. The van der Waals surface area contributed by atoms with Crippen LogP contribution in [-0.2, 0) is 0 Å². The monoisotopic (exact) mass is 692 g/mol. The van der Waals surface area contributed by atoms with Crippen LogP contribution in [0, 0.1) is 0 Å². The number of benzene rings is 4. The summed E-state index contributed by atoms with van der Waals surface area (Å²) in [5.74, 6) is 0. The normalized spacial score (nSPS) is 23.8. The third-order valence-corrected chi connectivity index (χ3v) is 115. The molecule has 0 N–H and O–H groups in total. The average Bonchev–Trinajstić information content (AvgIpc) is 2.92. The molecule has 34 heavy (non-hydrogen) atoms. The second kappa shape index (κ2) is 12.9. The molecular weight excluding hydrogens is 660 g/mol. The Morgan fingerprint density at radius 1 is 0.324 bits per heavy atom. The van der Waals surface area contributed by atoms with Gasteiger partial charge in [-0.2, -0.15) is 0 Å². The van der Waals surface area contributed by atoms with Crippen molar-refractivity contribution in [2.75, 3.05) is 0 Å². The van der Waals surface area contributed by atoms with Crippen LogP contribution in [0.2, 0.25) is 10.4 Å². The maximum absolute atomic E-state index is 2.54. The molecule has 172 valence electrons. The van der Waals surface area contributed by atoms with Gasteiger partial charge in [0.25, 0.3) is 0 Å². The Morgan fingerprint density at radius 3 is 0.941 bits per heavy atom. The van der Waals surface area contributed by atoms with Crippen LogP contribution in [0.3, 0.4) is 0 Å². The molecule has 4 heteroatoms. The molecule has 1 saturated heterocycles. The van der Waals surface area contributed by atoms with Gasteiger partial charge in [0, 0.05) is 0 Å². The van der Waals surface area contributed by atoms with Gasteiger partial charge >= 0.3 is 221 Å². The molecule has 0 amide bonds. The number of hydrogen-bond acceptors (Lipinski definition) is 0. The van der Waals surface area contributed by atoms with Crippen molar-refractivity contribution in [3.8, 4) is 0 Å². The van der Waals surface area contributed by atoms with Crippen LogP contribution in [-0.4, -0.2) is 46.2 Å². The molecule has 4 atom stereocenters. The summed E-state index contributed by atoms with van der Waals surface area (Å²) in [4.78, 5) is 0. The molecule has 4 aromatic rings. The van der Waals surface area contributed by atoms with Gasteiger partial charge < -0.3 is 0 Å². The maximum atomic E-state index is 2.54. The average molecular weight is 692 g/mol. The Balaban J connectivity index is 1.73. The van der Waals surface area contributed by atoms with E-state index in [1.807, 2.05) is 0 Å². The SMILES string of the molecule is c1ccc([As]2CCCCCC[As](c3ccccc3)[As](c3ccccc3)[As]2c2ccccc2)cc1. The van der Waals surface area contributed by atoms with E-state index in [4.69, 9.17) is 0 Å². The Morgan fingerprint density at radius 2 is 0.618 bits per heavy atom. The summed E-state index contributed by atoms with van der Waals surface area (Å²) >= 11 is -2.37. The third-order valence-electron chi connectivity index (χ3n) is 6.21. The quantitative estimate of drug-likeness (QED) is 0.279. The predicted molar refractivity (Wildman–Crippen MR) is 155 cm³/mol. The van der Waals surface area contributed by atoms with Gasteiger partial charge in [0.15, 0.2) is 0 Å². The van der Waals surface area contributed by atoms with Crippen LogP contribution >= 0.6 is 0 Å². The van der Waals surface area contributed by atoms with Gasteiger partial charge in [0.05, 0.1) is 0 Å². The van der Waals surface area contributed by atoms with E-state index in [-0.39, 0.29) is 0 Å². The molecule has 1 fully saturated rings. The molecule has 0 aromatic heterocycles. The second-order valence-electron chi connectivity index (χ2n) is 8.58. The zero-order valence-corrected chi connectivity index (χ0v) is 27.1. The topological polar surface area (TPSA) is 0 Å². The van der Waals surface area contributed by atoms with Gasteiger partial charge in [0.2, 0.25) is 0 Å². The van der Waals surface area contributed by atoms with Crippen LogP contribution in [0.25, 0.3) is 0 Å². The Kier molecular flexibility index (Phi) is 9.40. The van der Waals surface area contributed by atoms with E-state index in [1.54, 1.807) is 17.4 Å². The molecule has 5 rings (SSSR count). The van der Waals surface area contributed by atoms with Gasteiger partial charge in [-0.05, 0) is 0 Å². The van der Waals surface area contributed by atoms with Crippen LogP contribution in [0.4, 0.5) is 0 Å². The molecule has 0 bridgehead atoms. The predicted octanol–water partition coefficient (Wildman–Crippen LogP) is 4.40. The van der Waals surface area contributed by atoms with Gasteiger partial charge in [-0.3, -0.25) is 0 Å². The van der Waals surface area contributed by atoms with E-state index in [0.717, 1.165) is 0 Å². The van der Waals surface area contributed by atoms with Crippen molar-refractivity contribution in [2.45, 2.75) is 36.1 Å². The Labute approximate surface area is 219 Å². The minimum absolute atomic E-state index is 1.18. The van der Waals surface area contributed by atoms with E-state index < -0.39 is 46.2 Å². The summed E-state index contributed by atoms with van der Waals surface area (Å²) < 4.78 is 7.10. The summed E-state index contributed by atoms with van der Waals surface area (Å²) in [6, 6.07) is 47.7. The van der Waals surface area contributed by atoms with Crippen molar-refractivity contribution >= 4 is 63.6 Å². The summed E-state index contributed by atoms with van der Waals surface area (Å²) in [5.41, 5.74) is 0. The molecule has 0 saturated carbocycles. The van der Waals surface area contributed by atoms with E-state index in [0.29, 0.717) is 0 Å². The van der Waals surface area contributed by atoms with Crippen molar-refractivity contribution < 1.29 is 0 Å². The van der Waals surface area contributed by atoms with Gasteiger partial charge in [-0.1, -0.05) is 0 Å². The van der Waals surface area contributed by atoms with Crippen molar-refractivity contribution in [1.82, 2.24) is 0 Å². The fourth-order valence-corrected chi connectivity index (χ4v) is 166. The number of hydrogen-bond donors (Lipinski definition) is 0. The molecule has 4 unspecified atom stereocenters. The molecule has 1 heterocycles. The van der Waals surface area contributed by atoms with Gasteiger partial charge in [0.1, 0.15) is 0 Å². The van der Waals surface area contributed by atoms with Crippen LogP contribution in [0.1, 0.15) is 25.7 Å². The van der Waals surface area contributed by atoms with E-state index in [2.05, 4.69) is 121 Å². The van der Waals surface area contributed by atoms with Crippen molar-refractivity contribution in [3.63, 3.8) is 0 Å². The van der Waals surface area contributed by atoms with Gasteiger partial charge in [-0.25, -0.2) is 0 Å². The fourth-order valence-electron chi connectivity index (χ4n) is 4.57. The number of rotatable bonds is 4. The van der Waals surface area contributed by atoms with Gasteiger partial charge in [-0.15, -0.1) is 0 Å². The fraction of sp³-hybridized carbons (Fsp3) is 0.200. The van der Waals surface area contributed by atoms with Crippen molar-refractivity contribution in [3.05, 3.63) is 121 Å². The first kappa shape index (κ1) is 24.8. The molecule has 0 radical (unpaired) electrons. The summed E-state index contributed by atoms with van der Waals surface area (Å²) in [7, 11) is -2.52. The summed E-state index contributed by atoms with van der Waals surface area (Å²) in [6.45, 7) is 0. The standard InChI is InChI=1S/C30H32As4/c1-2-16-26-32(28-19-9-4-10-20-28)34(30-23-13-6-14-24-30)33(29-21-11-5-12-22-29)31(25-15-1)27-17-7-3-8-18-27/h3-14,17-24H,1-2,15-16,25-26H2. The third kappa shape index (κ3) is 6.08. The first-order chi connectivity index (χ1) is 16.9. The van der Waals surface area contributed by atoms with Crippen molar-refractivity contribution in [2.24, 2.45) is 0 Å². The first-order valence-electron chi connectivity index (χ1n) is 12.3. The van der Waals surface area contributed by atoms with Crippen LogP contribution in [0.15, 0.2) is 121 Å². The Hall–Kier alpha value is -0.886. The summed E-state index contributed by atoms with van der Waals surface area (Å²) in [6.07, 6.45) is 5.76. The molecule has 4 aromatic carbocycles. The molecular formula is C30H32As4. The minimum atomic E-state index is -1.26. The van der Waals surface area contributed by atoms with Crippen LogP contribution < -0.4 is 17.4 Å². The second-order valence-corrected chi connectivity index (χ2v) is 64.0. The first-order valence-corrected chi connectivity index (χ1v) is 34.3. The van der Waals surface area contributed by atoms with E-state index in [9.17, 15) is 0 Å². The van der Waals surface area contributed by atoms with E-state index >= 15 is 0 Å². The molecule has 0 spiro atoms. The zero-order chi connectivity index (χ0) is 23.0. The molecule has 1 aliphatic heterocycles. The summed E-state index contributed by atoms with van der Waals surface area (Å²) in [5, 5.41) is 3.03. The van der Waals surface area contributed by atoms with Crippen molar-refractivity contribution in [1.29, 1.82) is 0 Å². The molecule has 0 nitrogen and oxygen atoms in total. The molecule has 1 aliphatic rings. The van der Waals surface area contributed by atoms with E-state index in [1.165, 1.54) is 36.1 Å².